The van der Waals surface area contributed by atoms with E-state index < -0.39 is 0 Å². The molecule has 1 saturated carbocycles. The van der Waals surface area contributed by atoms with Crippen LogP contribution in [0, 0.1) is 0 Å². The molecule has 0 aliphatic heterocycles. The van der Waals surface area contributed by atoms with Crippen LogP contribution in [0.5, 0.6) is 11.5 Å². The van der Waals surface area contributed by atoms with Crippen LogP contribution in [0.3, 0.4) is 0 Å². The highest BCUT2D eigenvalue weighted by Crippen LogP contribution is 2.34. The quantitative estimate of drug-likeness (QED) is 0.207. The summed E-state index contributed by atoms with van der Waals surface area (Å²) < 4.78 is 11.9. The molecule has 1 heterocycles. The summed E-state index contributed by atoms with van der Waals surface area (Å²) >= 11 is 0. The van der Waals surface area contributed by atoms with Gasteiger partial charge in [0.25, 0.3) is 0 Å². The standard InChI is InChI=1S/C25H31N5O2.HI/c1-26-25(29-17-23-27-16-21(30-23)18-9-4-3-5-10-18)28-15-19-11-8-14-22(31-2)24(19)32-20-12-6-7-13-20;/h3-5,8-11,14,16,20H,6-7,12-13,15,17H2,1-2H3,(H,27,30)(H2,26,28,29);1H. The van der Waals surface area contributed by atoms with E-state index in [1.807, 2.05) is 36.5 Å². The number of hydrogen-bond donors (Lipinski definition) is 3. The van der Waals surface area contributed by atoms with Crippen molar-refractivity contribution in [3.63, 3.8) is 0 Å². The van der Waals surface area contributed by atoms with Crippen LogP contribution in [0.15, 0.2) is 59.7 Å². The van der Waals surface area contributed by atoms with Crippen LogP contribution in [-0.2, 0) is 13.1 Å². The predicted octanol–water partition coefficient (Wildman–Crippen LogP) is 4.89. The number of para-hydroxylation sites is 1. The molecule has 0 bridgehead atoms. The van der Waals surface area contributed by atoms with E-state index in [9.17, 15) is 0 Å². The molecule has 0 unspecified atom stereocenters. The fourth-order valence-electron chi connectivity index (χ4n) is 3.95. The molecule has 1 aliphatic rings. The van der Waals surface area contributed by atoms with Gasteiger partial charge < -0.3 is 25.1 Å². The fraction of sp³-hybridized carbons (Fsp3) is 0.360. The van der Waals surface area contributed by atoms with Crippen molar-refractivity contribution in [2.75, 3.05) is 14.2 Å². The molecule has 2 aromatic carbocycles. The van der Waals surface area contributed by atoms with E-state index in [1.54, 1.807) is 14.2 Å². The Bertz CT molecular complexity index is 1030. The number of benzene rings is 2. The van der Waals surface area contributed by atoms with Crippen molar-refractivity contribution < 1.29 is 9.47 Å². The molecule has 0 radical (unpaired) electrons. The molecule has 0 saturated heterocycles. The van der Waals surface area contributed by atoms with Crippen molar-refractivity contribution in [1.29, 1.82) is 0 Å². The lowest BCUT2D eigenvalue weighted by Gasteiger charge is -2.20. The van der Waals surface area contributed by atoms with Gasteiger partial charge in [0.2, 0.25) is 0 Å². The van der Waals surface area contributed by atoms with Gasteiger partial charge in [0.05, 0.1) is 31.6 Å². The Kier molecular flexibility index (Phi) is 9.41. The van der Waals surface area contributed by atoms with Crippen LogP contribution in [0.4, 0.5) is 0 Å². The van der Waals surface area contributed by atoms with Gasteiger partial charge in [-0.15, -0.1) is 24.0 Å². The van der Waals surface area contributed by atoms with Crippen LogP contribution in [0.1, 0.15) is 37.1 Å². The summed E-state index contributed by atoms with van der Waals surface area (Å²) in [5.74, 6) is 3.13. The first-order valence-electron chi connectivity index (χ1n) is 11.1. The second-order valence-corrected chi connectivity index (χ2v) is 7.86. The SMILES string of the molecule is CN=C(NCc1ncc(-c2ccccc2)[nH]1)NCc1cccc(OC)c1OC1CCCC1.I. The highest BCUT2D eigenvalue weighted by molar-refractivity contribution is 14.0. The predicted molar refractivity (Wildman–Crippen MR) is 142 cm³/mol. The lowest BCUT2D eigenvalue weighted by Crippen LogP contribution is -2.36. The van der Waals surface area contributed by atoms with Crippen molar-refractivity contribution in [2.45, 2.75) is 44.9 Å². The Morgan fingerprint density at radius 1 is 1.06 bits per heavy atom. The number of methoxy groups -OCH3 is 1. The van der Waals surface area contributed by atoms with Crippen molar-refractivity contribution in [3.8, 4) is 22.8 Å². The summed E-state index contributed by atoms with van der Waals surface area (Å²) in [6.07, 6.45) is 6.77. The second kappa shape index (κ2) is 12.5. The van der Waals surface area contributed by atoms with Crippen molar-refractivity contribution >= 4 is 29.9 Å². The van der Waals surface area contributed by atoms with Crippen LogP contribution < -0.4 is 20.1 Å². The second-order valence-electron chi connectivity index (χ2n) is 7.86. The highest BCUT2D eigenvalue weighted by Gasteiger charge is 2.20. The zero-order chi connectivity index (χ0) is 22.2. The topological polar surface area (TPSA) is 83.6 Å². The highest BCUT2D eigenvalue weighted by atomic mass is 127. The Balaban J connectivity index is 0.00000306. The lowest BCUT2D eigenvalue weighted by molar-refractivity contribution is 0.198. The third-order valence-electron chi connectivity index (χ3n) is 5.67. The first-order valence-corrected chi connectivity index (χ1v) is 11.1. The van der Waals surface area contributed by atoms with E-state index in [2.05, 4.69) is 43.8 Å². The molecule has 176 valence electrons. The minimum absolute atomic E-state index is 0. The number of aromatic nitrogens is 2. The maximum atomic E-state index is 6.33. The van der Waals surface area contributed by atoms with Gasteiger partial charge in [-0.3, -0.25) is 4.99 Å². The third kappa shape index (κ3) is 6.63. The number of nitrogens with one attached hydrogen (secondary N) is 3. The average molecular weight is 561 g/mol. The van der Waals surface area contributed by atoms with Gasteiger partial charge in [-0.05, 0) is 37.3 Å². The van der Waals surface area contributed by atoms with E-state index in [-0.39, 0.29) is 30.1 Å². The summed E-state index contributed by atoms with van der Waals surface area (Å²) in [5.41, 5.74) is 3.15. The van der Waals surface area contributed by atoms with Gasteiger partial charge in [-0.2, -0.15) is 0 Å². The van der Waals surface area contributed by atoms with E-state index >= 15 is 0 Å². The molecular weight excluding hydrogens is 529 g/mol. The van der Waals surface area contributed by atoms with Gasteiger partial charge >= 0.3 is 0 Å². The first kappa shape index (κ1) is 24.9. The Morgan fingerprint density at radius 3 is 2.55 bits per heavy atom. The number of rotatable bonds is 8. The van der Waals surface area contributed by atoms with Gasteiger partial charge in [-0.25, -0.2) is 4.98 Å². The zero-order valence-electron chi connectivity index (χ0n) is 19.1. The first-order chi connectivity index (χ1) is 15.8. The van der Waals surface area contributed by atoms with Crippen molar-refractivity contribution in [3.05, 3.63) is 66.1 Å². The Hall–Kier alpha value is -2.75. The number of nitrogens with zero attached hydrogens (tertiary/aromatic N) is 2. The van der Waals surface area contributed by atoms with Gasteiger partial charge in [0, 0.05) is 19.2 Å². The molecule has 1 aliphatic carbocycles. The van der Waals surface area contributed by atoms with Crippen LogP contribution in [0.25, 0.3) is 11.3 Å². The number of guanidine groups is 1. The number of aliphatic imine (C=N–C) groups is 1. The molecule has 3 N–H and O–H groups in total. The monoisotopic (exact) mass is 561 g/mol. The molecule has 0 spiro atoms. The number of hydrogen-bond acceptors (Lipinski definition) is 4. The zero-order valence-corrected chi connectivity index (χ0v) is 21.5. The lowest BCUT2D eigenvalue weighted by atomic mass is 10.1. The van der Waals surface area contributed by atoms with Crippen molar-refractivity contribution in [2.24, 2.45) is 4.99 Å². The maximum absolute atomic E-state index is 6.33. The fourth-order valence-corrected chi connectivity index (χ4v) is 3.95. The van der Waals surface area contributed by atoms with Gasteiger partial charge in [0.1, 0.15) is 5.82 Å². The number of H-pyrrole nitrogens is 1. The minimum atomic E-state index is 0. The Labute approximate surface area is 212 Å². The van der Waals surface area contributed by atoms with Crippen LogP contribution in [-0.4, -0.2) is 36.2 Å². The summed E-state index contributed by atoms with van der Waals surface area (Å²) in [6, 6.07) is 16.2. The largest absolute Gasteiger partial charge is 0.493 e. The minimum Gasteiger partial charge on any atom is -0.493 e. The number of ether oxygens (including phenoxy) is 2. The van der Waals surface area contributed by atoms with Crippen LogP contribution in [0.2, 0.25) is 0 Å². The van der Waals surface area contributed by atoms with E-state index in [0.717, 1.165) is 47.0 Å². The normalized spacial score (nSPS) is 13.9. The summed E-state index contributed by atoms with van der Waals surface area (Å²) in [6.45, 7) is 1.11. The number of aromatic amines is 1. The molecule has 7 nitrogen and oxygen atoms in total. The summed E-state index contributed by atoms with van der Waals surface area (Å²) in [4.78, 5) is 12.2. The Morgan fingerprint density at radius 2 is 1.82 bits per heavy atom. The molecule has 3 aromatic rings. The molecule has 1 aromatic heterocycles. The molecule has 33 heavy (non-hydrogen) atoms. The van der Waals surface area contributed by atoms with Crippen LogP contribution >= 0.6 is 24.0 Å². The van der Waals surface area contributed by atoms with Gasteiger partial charge in [-0.1, -0.05) is 42.5 Å². The number of halogens is 1. The average Bonchev–Trinajstić information content (AvgIpc) is 3.53. The maximum Gasteiger partial charge on any atom is 0.191 e. The molecule has 8 heteroatoms. The smallest absolute Gasteiger partial charge is 0.191 e. The van der Waals surface area contributed by atoms with Crippen molar-refractivity contribution in [1.82, 2.24) is 20.6 Å². The molecule has 0 atom stereocenters. The summed E-state index contributed by atoms with van der Waals surface area (Å²) in [5, 5.41) is 6.69. The molecule has 1 fully saturated rings. The van der Waals surface area contributed by atoms with E-state index in [4.69, 9.17) is 9.47 Å². The summed E-state index contributed by atoms with van der Waals surface area (Å²) in [7, 11) is 3.44. The molecule has 0 amide bonds. The van der Waals surface area contributed by atoms with E-state index in [1.165, 1.54) is 12.8 Å². The molecular formula is C25H32IN5O2. The van der Waals surface area contributed by atoms with Gasteiger partial charge in [0.15, 0.2) is 17.5 Å². The molecule has 4 rings (SSSR count). The third-order valence-corrected chi connectivity index (χ3v) is 5.67. The van der Waals surface area contributed by atoms with E-state index in [0.29, 0.717) is 19.0 Å². The number of imidazole rings is 1.